The fourth-order valence-electron chi connectivity index (χ4n) is 4.27. The molecule has 2 amide bonds. The zero-order valence-corrected chi connectivity index (χ0v) is 20.0. The van der Waals surface area contributed by atoms with Crippen molar-refractivity contribution in [3.05, 3.63) is 53.6 Å². The number of rotatable bonds is 6. The summed E-state index contributed by atoms with van der Waals surface area (Å²) < 4.78 is 30.9. The van der Waals surface area contributed by atoms with Gasteiger partial charge in [0, 0.05) is 36.0 Å². The number of carbonyl (C=O) groups excluding carboxylic acids is 2. The number of nitrogens with zero attached hydrogens (tertiary/aromatic N) is 3. The van der Waals surface area contributed by atoms with Gasteiger partial charge in [0.2, 0.25) is 5.62 Å². The van der Waals surface area contributed by atoms with Gasteiger partial charge >= 0.3 is 0 Å². The number of hydrogen-bond donors (Lipinski definition) is 2. The second-order valence-corrected chi connectivity index (χ2v) is 11.2. The number of carbonyl (C=O) groups is 2. The minimum absolute atomic E-state index is 0.0246. The fourth-order valence-corrected chi connectivity index (χ4v) is 4.93. The van der Waals surface area contributed by atoms with E-state index in [1.807, 2.05) is 22.8 Å². The van der Waals surface area contributed by atoms with Crippen LogP contribution in [0.1, 0.15) is 23.2 Å². The molecule has 1 saturated heterocycles. The summed E-state index contributed by atoms with van der Waals surface area (Å²) in [6.45, 7) is 1.43. The molecule has 1 aliphatic heterocycles. The Labute approximate surface area is 201 Å². The molecule has 2 aromatic carbocycles. The number of amides is 2. The van der Waals surface area contributed by atoms with Crippen molar-refractivity contribution in [1.82, 2.24) is 9.55 Å². The van der Waals surface area contributed by atoms with Crippen molar-refractivity contribution in [1.29, 1.82) is 0 Å². The Bertz CT molecular complexity index is 1500. The molecule has 5 rings (SSSR count). The molecular formula is C24H26N4O6S. The van der Waals surface area contributed by atoms with E-state index in [-0.39, 0.29) is 35.0 Å². The highest BCUT2D eigenvalue weighted by Crippen LogP contribution is 2.46. The van der Waals surface area contributed by atoms with Crippen molar-refractivity contribution in [2.45, 2.75) is 24.3 Å². The van der Waals surface area contributed by atoms with Crippen LogP contribution in [-0.2, 0) is 25.9 Å². The number of ether oxygens (including phenoxy) is 1. The SMILES string of the molecule is CS(=O)(=O)c1cccc(C(=O)/N=c2\[nH]c3cc(N4CCOCC4=O)ccc3n2CC2(CO)CC2)c1. The quantitative estimate of drug-likeness (QED) is 0.525. The Kier molecular flexibility index (Phi) is 5.86. The lowest BCUT2D eigenvalue weighted by molar-refractivity contribution is -0.125. The normalized spacial score (nSPS) is 18.3. The predicted octanol–water partition coefficient (Wildman–Crippen LogP) is 1.25. The number of morpholine rings is 1. The molecule has 2 fully saturated rings. The summed E-state index contributed by atoms with van der Waals surface area (Å²) >= 11 is 0. The van der Waals surface area contributed by atoms with Crippen LogP contribution in [0.4, 0.5) is 5.69 Å². The molecule has 184 valence electrons. The maximum Gasteiger partial charge on any atom is 0.280 e. The largest absolute Gasteiger partial charge is 0.396 e. The molecule has 1 aromatic heterocycles. The molecule has 0 unspecified atom stereocenters. The molecule has 3 aromatic rings. The van der Waals surface area contributed by atoms with Gasteiger partial charge in [-0.3, -0.25) is 9.59 Å². The lowest BCUT2D eigenvalue weighted by Gasteiger charge is -2.26. The summed E-state index contributed by atoms with van der Waals surface area (Å²) in [7, 11) is -3.48. The van der Waals surface area contributed by atoms with E-state index in [4.69, 9.17) is 4.74 Å². The number of anilines is 1. The van der Waals surface area contributed by atoms with E-state index in [0.29, 0.717) is 36.5 Å². The minimum atomic E-state index is -3.48. The van der Waals surface area contributed by atoms with Gasteiger partial charge in [-0.25, -0.2) is 8.42 Å². The molecule has 0 bridgehead atoms. The Balaban J connectivity index is 1.59. The number of nitrogens with one attached hydrogen (secondary N) is 1. The average Bonchev–Trinajstić information content (AvgIpc) is 3.54. The molecule has 0 atom stereocenters. The molecule has 0 radical (unpaired) electrons. The second-order valence-electron chi connectivity index (χ2n) is 9.21. The van der Waals surface area contributed by atoms with E-state index in [1.165, 1.54) is 24.3 Å². The van der Waals surface area contributed by atoms with Gasteiger partial charge in [-0.15, -0.1) is 0 Å². The monoisotopic (exact) mass is 498 g/mol. The van der Waals surface area contributed by atoms with Crippen molar-refractivity contribution < 1.29 is 27.9 Å². The number of aromatic amines is 1. The van der Waals surface area contributed by atoms with Crippen molar-refractivity contribution in [3.63, 3.8) is 0 Å². The molecule has 1 saturated carbocycles. The highest BCUT2D eigenvalue weighted by Gasteiger charge is 2.42. The van der Waals surface area contributed by atoms with Crippen LogP contribution in [0.3, 0.4) is 0 Å². The number of benzene rings is 2. The van der Waals surface area contributed by atoms with Gasteiger partial charge in [0.1, 0.15) is 6.61 Å². The second kappa shape index (κ2) is 8.74. The van der Waals surface area contributed by atoms with Crippen LogP contribution in [0, 0.1) is 5.41 Å². The van der Waals surface area contributed by atoms with Crippen molar-refractivity contribution >= 4 is 38.4 Å². The van der Waals surface area contributed by atoms with E-state index in [2.05, 4.69) is 9.98 Å². The smallest absolute Gasteiger partial charge is 0.280 e. The maximum absolute atomic E-state index is 13.0. The van der Waals surface area contributed by atoms with Gasteiger partial charge in [0.15, 0.2) is 9.84 Å². The molecule has 11 heteroatoms. The first-order valence-corrected chi connectivity index (χ1v) is 13.2. The first kappa shape index (κ1) is 23.5. The van der Waals surface area contributed by atoms with Crippen LogP contribution in [0.5, 0.6) is 0 Å². The summed E-state index contributed by atoms with van der Waals surface area (Å²) in [5, 5.41) is 9.89. The topological polar surface area (TPSA) is 134 Å². The van der Waals surface area contributed by atoms with Crippen LogP contribution in [0.15, 0.2) is 52.4 Å². The summed E-state index contributed by atoms with van der Waals surface area (Å²) in [5.41, 5.74) is 2.36. The number of aromatic nitrogens is 2. The van der Waals surface area contributed by atoms with Gasteiger partial charge in [0.05, 0.1) is 29.1 Å². The Morgan fingerprint density at radius 2 is 2.03 bits per heavy atom. The number of hydrogen-bond acceptors (Lipinski definition) is 6. The third-order valence-electron chi connectivity index (χ3n) is 6.57. The predicted molar refractivity (Wildman–Crippen MR) is 128 cm³/mol. The number of fused-ring (bicyclic) bond motifs is 1. The van der Waals surface area contributed by atoms with E-state index < -0.39 is 15.7 Å². The lowest BCUT2D eigenvalue weighted by Crippen LogP contribution is -2.41. The van der Waals surface area contributed by atoms with Crippen LogP contribution in [0.25, 0.3) is 11.0 Å². The van der Waals surface area contributed by atoms with Gasteiger partial charge in [-0.05, 0) is 49.2 Å². The summed E-state index contributed by atoms with van der Waals surface area (Å²) in [4.78, 5) is 34.5. The average molecular weight is 499 g/mol. The van der Waals surface area contributed by atoms with Crippen LogP contribution >= 0.6 is 0 Å². The maximum atomic E-state index is 13.0. The third kappa shape index (κ3) is 4.66. The molecule has 35 heavy (non-hydrogen) atoms. The zero-order valence-electron chi connectivity index (χ0n) is 19.2. The number of aliphatic hydroxyl groups excluding tert-OH is 1. The summed E-state index contributed by atoms with van der Waals surface area (Å²) in [6, 6.07) is 11.3. The molecule has 2 aliphatic rings. The molecular weight excluding hydrogens is 472 g/mol. The lowest BCUT2D eigenvalue weighted by atomic mass is 10.1. The number of sulfone groups is 1. The molecule has 0 spiro atoms. The number of imidazole rings is 1. The Morgan fingerprint density at radius 1 is 1.23 bits per heavy atom. The first-order valence-electron chi connectivity index (χ1n) is 11.3. The van der Waals surface area contributed by atoms with Crippen molar-refractivity contribution in [2.75, 3.05) is 37.5 Å². The summed E-state index contributed by atoms with van der Waals surface area (Å²) in [6.07, 6.45) is 2.82. The van der Waals surface area contributed by atoms with Crippen LogP contribution < -0.4 is 10.5 Å². The van der Waals surface area contributed by atoms with Crippen LogP contribution in [0.2, 0.25) is 0 Å². The van der Waals surface area contributed by atoms with E-state index in [9.17, 15) is 23.1 Å². The van der Waals surface area contributed by atoms with E-state index >= 15 is 0 Å². The summed E-state index contributed by atoms with van der Waals surface area (Å²) in [5.74, 6) is -0.716. The third-order valence-corrected chi connectivity index (χ3v) is 7.68. The fraction of sp³-hybridized carbons (Fsp3) is 0.375. The molecule has 2 N–H and O–H groups in total. The van der Waals surface area contributed by atoms with Crippen LogP contribution in [-0.4, -0.2) is 67.5 Å². The highest BCUT2D eigenvalue weighted by atomic mass is 32.2. The molecule has 1 aliphatic carbocycles. The van der Waals surface area contributed by atoms with Gasteiger partial charge in [-0.2, -0.15) is 4.99 Å². The number of H-pyrrole nitrogens is 1. The Hall–Kier alpha value is -3.28. The first-order chi connectivity index (χ1) is 16.7. The van der Waals surface area contributed by atoms with Gasteiger partial charge < -0.3 is 24.3 Å². The van der Waals surface area contributed by atoms with Gasteiger partial charge in [0.25, 0.3) is 11.8 Å². The highest BCUT2D eigenvalue weighted by molar-refractivity contribution is 7.90. The van der Waals surface area contributed by atoms with Gasteiger partial charge in [-0.1, -0.05) is 6.07 Å². The van der Waals surface area contributed by atoms with E-state index in [0.717, 1.165) is 24.6 Å². The molecule has 2 heterocycles. The number of aliphatic hydroxyl groups is 1. The molecule has 10 nitrogen and oxygen atoms in total. The minimum Gasteiger partial charge on any atom is -0.396 e. The zero-order chi connectivity index (χ0) is 24.8. The van der Waals surface area contributed by atoms with Crippen molar-refractivity contribution in [3.8, 4) is 0 Å². The van der Waals surface area contributed by atoms with Crippen molar-refractivity contribution in [2.24, 2.45) is 10.4 Å². The van der Waals surface area contributed by atoms with E-state index in [1.54, 1.807) is 4.90 Å². The Morgan fingerprint density at radius 3 is 2.71 bits per heavy atom. The standard InChI is InChI=1S/C24H26N4O6S/c1-35(32,33)18-4-2-3-16(11-18)22(31)26-23-25-19-12-17(27-9-10-34-13-21(27)30)5-6-20(19)28(23)14-24(15-29)7-8-24/h2-6,11-12,29H,7-10,13-15H2,1H3,(H,25,26,31).